The van der Waals surface area contributed by atoms with Gasteiger partial charge in [0.15, 0.2) is 17.4 Å². The van der Waals surface area contributed by atoms with E-state index in [0.717, 1.165) is 30.7 Å². The first kappa shape index (κ1) is 25.0. The Labute approximate surface area is 189 Å². The fourth-order valence-corrected chi connectivity index (χ4v) is 2.85. The number of alkyl halides is 5. The Morgan fingerprint density at radius 2 is 1.47 bits per heavy atom. The van der Waals surface area contributed by atoms with E-state index in [9.17, 15) is 30.7 Å². The van der Waals surface area contributed by atoms with Crippen LogP contribution in [0, 0.1) is 11.6 Å². The Bertz CT molecular complexity index is 1120. The van der Waals surface area contributed by atoms with Gasteiger partial charge in [0.25, 0.3) is 0 Å². The molecule has 0 saturated heterocycles. The molecule has 3 rings (SSSR count). The number of hydrogen-bond donors (Lipinski definition) is 0. The molecule has 0 amide bonds. The molecular weight excluding hydrogens is 469 g/mol. The summed E-state index contributed by atoms with van der Waals surface area (Å²) < 4.78 is 102. The summed E-state index contributed by atoms with van der Waals surface area (Å²) in [6, 6.07) is 6.51. The van der Waals surface area contributed by atoms with Crippen molar-refractivity contribution in [1.82, 2.24) is 9.97 Å². The van der Waals surface area contributed by atoms with Crippen LogP contribution < -0.4 is 9.47 Å². The fourth-order valence-electron chi connectivity index (χ4n) is 2.85. The molecule has 4 nitrogen and oxygen atoms in total. The summed E-state index contributed by atoms with van der Waals surface area (Å²) in [5, 5.41) is 0. The lowest BCUT2D eigenvalue weighted by atomic mass is 10.0. The zero-order valence-corrected chi connectivity index (χ0v) is 17.5. The average Bonchev–Trinajstić information content (AvgIpc) is 2.76. The minimum atomic E-state index is -4.71. The van der Waals surface area contributed by atoms with Crippen LogP contribution in [0.1, 0.15) is 24.7 Å². The predicted molar refractivity (Wildman–Crippen MR) is 108 cm³/mol. The van der Waals surface area contributed by atoms with Gasteiger partial charge in [0.1, 0.15) is 5.75 Å². The maximum atomic E-state index is 14.4. The highest BCUT2D eigenvalue weighted by Gasteiger charge is 2.38. The lowest BCUT2D eigenvalue weighted by Crippen LogP contribution is -2.25. The van der Waals surface area contributed by atoms with E-state index >= 15 is 0 Å². The molecule has 180 valence electrons. The molecular formula is C23H17F7N2O2. The molecule has 1 aromatic heterocycles. The van der Waals surface area contributed by atoms with Gasteiger partial charge in [0.05, 0.1) is 12.3 Å². The van der Waals surface area contributed by atoms with Gasteiger partial charge in [-0.3, -0.25) is 0 Å². The minimum absolute atomic E-state index is 0.00434. The largest absolute Gasteiger partial charge is 0.462 e. The highest BCUT2D eigenvalue weighted by atomic mass is 19.4. The first-order valence-electron chi connectivity index (χ1n) is 9.87. The van der Waals surface area contributed by atoms with E-state index in [0.29, 0.717) is 12.0 Å². The van der Waals surface area contributed by atoms with Gasteiger partial charge < -0.3 is 9.47 Å². The van der Waals surface area contributed by atoms with Crippen LogP contribution in [0.15, 0.2) is 61.1 Å². The highest BCUT2D eigenvalue weighted by Crippen LogP contribution is 2.33. The molecule has 0 aliphatic rings. The van der Waals surface area contributed by atoms with Crippen molar-refractivity contribution in [3.05, 3.63) is 84.2 Å². The van der Waals surface area contributed by atoms with E-state index in [-0.39, 0.29) is 29.2 Å². The number of aromatic nitrogens is 2. The highest BCUT2D eigenvalue weighted by molar-refractivity contribution is 5.65. The molecule has 0 radical (unpaired) electrons. The summed E-state index contributed by atoms with van der Waals surface area (Å²) in [5.74, 6) is -4.60. The molecule has 11 heteroatoms. The van der Waals surface area contributed by atoms with Gasteiger partial charge in [-0.05, 0) is 47.4 Å². The molecule has 0 N–H and O–H groups in total. The third-order valence-electron chi connectivity index (χ3n) is 4.38. The topological polar surface area (TPSA) is 44.2 Å². The molecule has 0 bridgehead atoms. The minimum Gasteiger partial charge on any atom is -0.459 e. The maximum Gasteiger partial charge on any atom is 0.462 e. The molecule has 0 fully saturated rings. The second-order valence-corrected chi connectivity index (χ2v) is 7.04. The fraction of sp³-hybridized carbons (Fsp3) is 0.217. The summed E-state index contributed by atoms with van der Waals surface area (Å²) in [5.41, 5.74) is 0.931. The zero-order valence-electron chi connectivity index (χ0n) is 17.5. The van der Waals surface area contributed by atoms with Gasteiger partial charge >= 0.3 is 12.3 Å². The van der Waals surface area contributed by atoms with Crippen molar-refractivity contribution < 1.29 is 40.2 Å². The standard InChI is InChI=1S/C23H17F7N2O2/c1-2-3-14-12-31-21(32-13-14)23(29,30)34-17-6-4-15(5-7-17)16-10-18(24)20(19(25)11-16)33-9-8-22(26,27)28/h4-13H,2-3H2,1H3/b9-8+. The first-order chi connectivity index (χ1) is 16.0. The predicted octanol–water partition coefficient (Wildman–Crippen LogP) is 6.96. The van der Waals surface area contributed by atoms with Gasteiger partial charge in [0.2, 0.25) is 5.82 Å². The van der Waals surface area contributed by atoms with Crippen molar-refractivity contribution in [1.29, 1.82) is 0 Å². The average molecular weight is 486 g/mol. The van der Waals surface area contributed by atoms with Crippen LogP contribution in [0.3, 0.4) is 0 Å². The van der Waals surface area contributed by atoms with E-state index in [1.54, 1.807) is 0 Å². The number of benzene rings is 2. The number of halogens is 7. The van der Waals surface area contributed by atoms with Gasteiger partial charge in [0, 0.05) is 12.4 Å². The van der Waals surface area contributed by atoms with Crippen molar-refractivity contribution in [2.24, 2.45) is 0 Å². The Hall–Kier alpha value is -3.63. The number of nitrogens with zero attached hydrogens (tertiary/aromatic N) is 2. The van der Waals surface area contributed by atoms with Gasteiger partial charge in [-0.25, -0.2) is 18.7 Å². The molecule has 0 saturated carbocycles. The van der Waals surface area contributed by atoms with Crippen LogP contribution in [0.5, 0.6) is 11.5 Å². The van der Waals surface area contributed by atoms with Gasteiger partial charge in [-0.1, -0.05) is 25.5 Å². The number of hydrogen-bond acceptors (Lipinski definition) is 4. The number of aryl methyl sites for hydroxylation is 1. The van der Waals surface area contributed by atoms with Crippen molar-refractivity contribution in [3.63, 3.8) is 0 Å². The summed E-state index contributed by atoms with van der Waals surface area (Å²) >= 11 is 0. The van der Waals surface area contributed by atoms with Crippen LogP contribution in [0.4, 0.5) is 30.7 Å². The van der Waals surface area contributed by atoms with Crippen LogP contribution >= 0.6 is 0 Å². The van der Waals surface area contributed by atoms with Crippen molar-refractivity contribution in [3.8, 4) is 22.6 Å². The Balaban J connectivity index is 1.74. The van der Waals surface area contributed by atoms with E-state index in [2.05, 4.69) is 14.7 Å². The van der Waals surface area contributed by atoms with Gasteiger partial charge in [-0.15, -0.1) is 0 Å². The molecule has 0 atom stereocenters. The van der Waals surface area contributed by atoms with E-state index in [4.69, 9.17) is 4.74 Å². The van der Waals surface area contributed by atoms with Crippen molar-refractivity contribution in [2.75, 3.05) is 0 Å². The molecule has 2 aromatic carbocycles. The normalized spacial score (nSPS) is 12.2. The maximum absolute atomic E-state index is 14.4. The Morgan fingerprint density at radius 1 is 0.882 bits per heavy atom. The molecule has 0 aliphatic carbocycles. The van der Waals surface area contributed by atoms with Crippen LogP contribution in [-0.4, -0.2) is 16.1 Å². The number of allylic oxidation sites excluding steroid dienone is 1. The quantitative estimate of drug-likeness (QED) is 0.255. The van der Waals surface area contributed by atoms with Crippen molar-refractivity contribution in [2.45, 2.75) is 32.1 Å². The number of ether oxygens (including phenoxy) is 2. The Morgan fingerprint density at radius 3 is 2.00 bits per heavy atom. The molecule has 0 unspecified atom stereocenters. The van der Waals surface area contributed by atoms with Crippen LogP contribution in [-0.2, 0) is 12.5 Å². The third kappa shape index (κ3) is 6.46. The van der Waals surface area contributed by atoms with E-state index < -0.39 is 35.5 Å². The monoisotopic (exact) mass is 486 g/mol. The first-order valence-corrected chi connectivity index (χ1v) is 9.87. The van der Waals surface area contributed by atoms with Gasteiger partial charge in [-0.2, -0.15) is 22.0 Å². The summed E-state index contributed by atoms with van der Waals surface area (Å²) in [7, 11) is 0. The smallest absolute Gasteiger partial charge is 0.459 e. The van der Waals surface area contributed by atoms with E-state index in [1.165, 1.54) is 24.5 Å². The summed E-state index contributed by atoms with van der Waals surface area (Å²) in [6.07, 6.45) is -4.70. The summed E-state index contributed by atoms with van der Waals surface area (Å²) in [6.45, 7) is 1.93. The number of rotatable bonds is 8. The molecule has 1 heterocycles. The Kier molecular flexibility index (Phi) is 7.43. The van der Waals surface area contributed by atoms with Crippen LogP contribution in [0.2, 0.25) is 0 Å². The molecule has 34 heavy (non-hydrogen) atoms. The second kappa shape index (κ2) is 10.1. The SMILES string of the molecule is CCCc1cnc(C(F)(F)Oc2ccc(-c3cc(F)c(O/C=C/C(F)(F)F)c(F)c3)cc2)nc1. The lowest BCUT2D eigenvalue weighted by molar-refractivity contribution is -0.192. The third-order valence-corrected chi connectivity index (χ3v) is 4.38. The summed E-state index contributed by atoms with van der Waals surface area (Å²) in [4.78, 5) is 7.29. The van der Waals surface area contributed by atoms with Crippen molar-refractivity contribution >= 4 is 0 Å². The van der Waals surface area contributed by atoms with E-state index in [1.807, 2.05) is 6.92 Å². The molecule has 0 aliphatic heterocycles. The zero-order chi connectivity index (χ0) is 24.9. The second-order valence-electron chi connectivity index (χ2n) is 7.04. The lowest BCUT2D eigenvalue weighted by Gasteiger charge is -2.17. The molecule has 3 aromatic rings. The van der Waals surface area contributed by atoms with Crippen LogP contribution in [0.25, 0.3) is 11.1 Å². The molecule has 0 spiro atoms.